The molecule has 0 saturated carbocycles. The number of benzene rings is 2. The molecular formula is C24H25BrN2OS2. The summed E-state index contributed by atoms with van der Waals surface area (Å²) in [7, 11) is 0. The van der Waals surface area contributed by atoms with Crippen molar-refractivity contribution < 1.29 is 4.79 Å². The van der Waals surface area contributed by atoms with Crippen molar-refractivity contribution in [1.82, 2.24) is 9.88 Å². The van der Waals surface area contributed by atoms with Crippen LogP contribution in [0.15, 0.2) is 63.3 Å². The molecule has 0 bridgehead atoms. The van der Waals surface area contributed by atoms with E-state index < -0.39 is 0 Å². The van der Waals surface area contributed by atoms with Crippen LogP contribution < -0.4 is 0 Å². The molecule has 0 N–H and O–H groups in total. The normalized spacial score (nSPS) is 14.8. The molecule has 0 radical (unpaired) electrons. The molecule has 4 rings (SSSR count). The molecule has 1 fully saturated rings. The second-order valence-electron chi connectivity index (χ2n) is 7.60. The molecule has 0 spiro atoms. The van der Waals surface area contributed by atoms with E-state index in [0.29, 0.717) is 12.3 Å². The van der Waals surface area contributed by atoms with Gasteiger partial charge in [0.25, 0.3) is 0 Å². The summed E-state index contributed by atoms with van der Waals surface area (Å²) in [5, 5.41) is 3.35. The fourth-order valence-corrected chi connectivity index (χ4v) is 6.12. The molecular weight excluding hydrogens is 476 g/mol. The van der Waals surface area contributed by atoms with Gasteiger partial charge in [-0.15, -0.1) is 23.1 Å². The van der Waals surface area contributed by atoms with Crippen molar-refractivity contribution in [1.29, 1.82) is 0 Å². The lowest BCUT2D eigenvalue weighted by Gasteiger charge is -2.31. The quantitative estimate of drug-likeness (QED) is 0.350. The fourth-order valence-electron chi connectivity index (χ4n) is 3.76. The van der Waals surface area contributed by atoms with Crippen molar-refractivity contribution in [2.45, 2.75) is 37.0 Å². The van der Waals surface area contributed by atoms with Crippen LogP contribution in [0.25, 0.3) is 11.3 Å². The molecule has 1 amide bonds. The van der Waals surface area contributed by atoms with E-state index in [4.69, 9.17) is 4.98 Å². The van der Waals surface area contributed by atoms with E-state index in [2.05, 4.69) is 64.6 Å². The number of hydrogen-bond acceptors (Lipinski definition) is 4. The zero-order valence-electron chi connectivity index (χ0n) is 17.0. The van der Waals surface area contributed by atoms with Crippen molar-refractivity contribution in [2.24, 2.45) is 0 Å². The highest BCUT2D eigenvalue weighted by atomic mass is 79.9. The second-order valence-corrected chi connectivity index (χ2v) is 10.5. The molecule has 1 aromatic heterocycles. The topological polar surface area (TPSA) is 33.2 Å². The number of halogens is 1. The number of likely N-dealkylation sites (tertiary alicyclic amines) is 1. The van der Waals surface area contributed by atoms with E-state index >= 15 is 0 Å². The SMILES string of the molecule is Cc1ccccc1SCCC(=O)N1CCC(c2nc(-c3cccc(Br)c3)cs2)CC1. The van der Waals surface area contributed by atoms with Crippen molar-refractivity contribution in [3.8, 4) is 11.3 Å². The number of thioether (sulfide) groups is 1. The lowest BCUT2D eigenvalue weighted by Crippen LogP contribution is -2.38. The van der Waals surface area contributed by atoms with E-state index in [1.807, 2.05) is 17.0 Å². The summed E-state index contributed by atoms with van der Waals surface area (Å²) in [4.78, 5) is 20.8. The smallest absolute Gasteiger partial charge is 0.223 e. The summed E-state index contributed by atoms with van der Waals surface area (Å²) in [6.45, 7) is 3.80. The molecule has 1 aliphatic heterocycles. The van der Waals surface area contributed by atoms with Crippen LogP contribution in [-0.4, -0.2) is 34.6 Å². The summed E-state index contributed by atoms with van der Waals surface area (Å²) in [5.41, 5.74) is 3.47. The average molecular weight is 502 g/mol. The highest BCUT2D eigenvalue weighted by Gasteiger charge is 2.25. The highest BCUT2D eigenvalue weighted by Crippen LogP contribution is 2.33. The van der Waals surface area contributed by atoms with Gasteiger partial charge in [-0.2, -0.15) is 0 Å². The third kappa shape index (κ3) is 5.34. The second kappa shape index (κ2) is 10.1. The van der Waals surface area contributed by atoms with Crippen molar-refractivity contribution in [2.75, 3.05) is 18.8 Å². The van der Waals surface area contributed by atoms with Crippen LogP contribution in [0.3, 0.4) is 0 Å². The first kappa shape index (κ1) is 21.6. The Morgan fingerprint density at radius 1 is 1.20 bits per heavy atom. The fraction of sp³-hybridized carbons (Fsp3) is 0.333. The largest absolute Gasteiger partial charge is 0.343 e. The molecule has 1 aliphatic rings. The summed E-state index contributed by atoms with van der Waals surface area (Å²) in [6, 6.07) is 16.6. The lowest BCUT2D eigenvalue weighted by molar-refractivity contribution is -0.131. The van der Waals surface area contributed by atoms with Gasteiger partial charge in [-0.05, 0) is 43.5 Å². The van der Waals surface area contributed by atoms with E-state index in [-0.39, 0.29) is 5.91 Å². The van der Waals surface area contributed by atoms with Gasteiger partial charge in [-0.1, -0.05) is 46.3 Å². The molecule has 2 aromatic carbocycles. The molecule has 156 valence electrons. The van der Waals surface area contributed by atoms with Gasteiger partial charge in [0.2, 0.25) is 5.91 Å². The van der Waals surface area contributed by atoms with Crippen molar-refractivity contribution in [3.05, 3.63) is 69.0 Å². The average Bonchev–Trinajstić information content (AvgIpc) is 3.25. The van der Waals surface area contributed by atoms with E-state index in [1.54, 1.807) is 23.1 Å². The van der Waals surface area contributed by atoms with Crippen molar-refractivity contribution in [3.63, 3.8) is 0 Å². The summed E-state index contributed by atoms with van der Waals surface area (Å²) in [6.07, 6.45) is 2.61. The minimum Gasteiger partial charge on any atom is -0.343 e. The number of amides is 1. The Morgan fingerprint density at radius 2 is 2.00 bits per heavy atom. The van der Waals surface area contributed by atoms with Crippen LogP contribution in [0.2, 0.25) is 0 Å². The number of carbonyl (C=O) groups excluding carboxylic acids is 1. The van der Waals surface area contributed by atoms with Gasteiger partial charge in [0.15, 0.2) is 0 Å². The maximum Gasteiger partial charge on any atom is 0.223 e. The first-order valence-corrected chi connectivity index (χ1v) is 12.9. The number of rotatable bonds is 6. The number of hydrogen-bond donors (Lipinski definition) is 0. The van der Waals surface area contributed by atoms with Crippen LogP contribution in [0.5, 0.6) is 0 Å². The zero-order chi connectivity index (χ0) is 20.9. The molecule has 0 unspecified atom stereocenters. The Bertz CT molecular complexity index is 1010. The molecule has 0 aliphatic carbocycles. The standard InChI is InChI=1S/C24H25BrN2OS2/c1-17-5-2-3-8-22(17)29-14-11-23(28)27-12-9-18(10-13-27)24-26-21(16-30-24)19-6-4-7-20(25)15-19/h2-8,15-16,18H,9-14H2,1H3. The monoisotopic (exact) mass is 500 g/mol. The number of nitrogens with zero attached hydrogens (tertiary/aromatic N) is 2. The first-order chi connectivity index (χ1) is 14.6. The third-order valence-corrected chi connectivity index (χ3v) is 8.18. The maximum absolute atomic E-state index is 12.6. The molecule has 30 heavy (non-hydrogen) atoms. The summed E-state index contributed by atoms with van der Waals surface area (Å²) >= 11 is 7.06. The van der Waals surface area contributed by atoms with Gasteiger partial charge in [0.1, 0.15) is 0 Å². The van der Waals surface area contributed by atoms with Crippen LogP contribution >= 0.6 is 39.0 Å². The highest BCUT2D eigenvalue weighted by molar-refractivity contribution is 9.10. The molecule has 0 atom stereocenters. The van der Waals surface area contributed by atoms with E-state index in [9.17, 15) is 4.79 Å². The third-order valence-electron chi connectivity index (χ3n) is 5.51. The van der Waals surface area contributed by atoms with Gasteiger partial charge in [0, 0.05) is 51.5 Å². The Hall–Kier alpha value is -1.63. The Morgan fingerprint density at radius 3 is 2.77 bits per heavy atom. The van der Waals surface area contributed by atoms with E-state index in [0.717, 1.165) is 47.4 Å². The van der Waals surface area contributed by atoms with Crippen LogP contribution in [-0.2, 0) is 4.79 Å². The Labute approximate surface area is 195 Å². The Balaban J connectivity index is 1.27. The van der Waals surface area contributed by atoms with Gasteiger partial charge in [-0.3, -0.25) is 4.79 Å². The number of carbonyl (C=O) groups is 1. The van der Waals surface area contributed by atoms with E-state index in [1.165, 1.54) is 15.5 Å². The van der Waals surface area contributed by atoms with Gasteiger partial charge >= 0.3 is 0 Å². The molecule has 6 heteroatoms. The minimum absolute atomic E-state index is 0.281. The number of aryl methyl sites for hydroxylation is 1. The van der Waals surface area contributed by atoms with Gasteiger partial charge < -0.3 is 4.90 Å². The molecule has 2 heterocycles. The van der Waals surface area contributed by atoms with Crippen LogP contribution in [0, 0.1) is 6.92 Å². The maximum atomic E-state index is 12.6. The predicted octanol–water partition coefficient (Wildman–Crippen LogP) is 6.77. The zero-order valence-corrected chi connectivity index (χ0v) is 20.2. The lowest BCUT2D eigenvalue weighted by atomic mass is 9.97. The van der Waals surface area contributed by atoms with Gasteiger partial charge in [-0.25, -0.2) is 4.98 Å². The number of piperidine rings is 1. The molecule has 1 saturated heterocycles. The molecule has 3 aromatic rings. The van der Waals surface area contributed by atoms with Crippen LogP contribution in [0.4, 0.5) is 0 Å². The number of thiazole rings is 1. The van der Waals surface area contributed by atoms with Crippen LogP contribution in [0.1, 0.15) is 35.8 Å². The molecule has 3 nitrogen and oxygen atoms in total. The minimum atomic E-state index is 0.281. The predicted molar refractivity (Wildman–Crippen MR) is 130 cm³/mol. The summed E-state index contributed by atoms with van der Waals surface area (Å²) in [5.74, 6) is 1.58. The Kier molecular flexibility index (Phi) is 7.28. The number of aromatic nitrogens is 1. The first-order valence-electron chi connectivity index (χ1n) is 10.3. The van der Waals surface area contributed by atoms with Crippen molar-refractivity contribution >= 4 is 44.9 Å². The van der Waals surface area contributed by atoms with Gasteiger partial charge in [0.05, 0.1) is 10.7 Å². The summed E-state index contributed by atoms with van der Waals surface area (Å²) < 4.78 is 1.07.